The van der Waals surface area contributed by atoms with Crippen LogP contribution < -0.4 is 10.5 Å². The first-order valence-electron chi connectivity index (χ1n) is 8.14. The molecule has 1 saturated carbocycles. The van der Waals surface area contributed by atoms with Crippen LogP contribution in [0.5, 0.6) is 5.75 Å². The van der Waals surface area contributed by atoms with Crippen LogP contribution in [0.3, 0.4) is 0 Å². The van der Waals surface area contributed by atoms with Crippen LogP contribution in [0.25, 0.3) is 0 Å². The third-order valence-electron chi connectivity index (χ3n) is 4.36. The molecule has 24 heavy (non-hydrogen) atoms. The van der Waals surface area contributed by atoms with Crippen LogP contribution in [-0.4, -0.2) is 34.5 Å². The molecule has 7 heteroatoms. The Balaban J connectivity index is 1.75. The number of nitrogens with two attached hydrogens (primary N) is 1. The number of aromatic nitrogens is 3. The minimum Gasteiger partial charge on any atom is -0.483 e. The summed E-state index contributed by atoms with van der Waals surface area (Å²) in [6, 6.07) is 5.03. The highest BCUT2D eigenvalue weighted by molar-refractivity contribution is 5.29. The molecule has 1 aromatic heterocycles. The predicted octanol–water partition coefficient (Wildman–Crippen LogP) is 2.16. The Morgan fingerprint density at radius 2 is 2.12 bits per heavy atom. The van der Waals surface area contributed by atoms with Crippen molar-refractivity contribution in [1.82, 2.24) is 14.8 Å². The van der Waals surface area contributed by atoms with Gasteiger partial charge in [-0.25, -0.2) is 4.39 Å². The molecule has 2 aromatic rings. The van der Waals surface area contributed by atoms with E-state index in [1.807, 2.05) is 11.5 Å². The van der Waals surface area contributed by atoms with Gasteiger partial charge in [-0.2, -0.15) is 0 Å². The fourth-order valence-electron chi connectivity index (χ4n) is 2.92. The van der Waals surface area contributed by atoms with E-state index in [1.54, 1.807) is 19.2 Å². The molecule has 3 rings (SSSR count). The summed E-state index contributed by atoms with van der Waals surface area (Å²) in [5.41, 5.74) is 6.82. The Morgan fingerprint density at radius 1 is 1.33 bits per heavy atom. The largest absolute Gasteiger partial charge is 0.483 e. The fraction of sp³-hybridized carbons (Fsp3) is 0.529. The second kappa shape index (κ2) is 7.27. The van der Waals surface area contributed by atoms with Gasteiger partial charge in [0.2, 0.25) is 0 Å². The van der Waals surface area contributed by atoms with Gasteiger partial charge in [-0.05, 0) is 37.5 Å². The van der Waals surface area contributed by atoms with Crippen LogP contribution in [0.1, 0.15) is 36.0 Å². The van der Waals surface area contributed by atoms with Crippen molar-refractivity contribution in [2.24, 2.45) is 5.73 Å². The zero-order valence-electron chi connectivity index (χ0n) is 14.0. The average molecular weight is 334 g/mol. The van der Waals surface area contributed by atoms with Crippen molar-refractivity contribution in [1.29, 1.82) is 0 Å². The van der Waals surface area contributed by atoms with E-state index in [4.69, 9.17) is 15.2 Å². The van der Waals surface area contributed by atoms with Gasteiger partial charge >= 0.3 is 0 Å². The lowest BCUT2D eigenvalue weighted by molar-refractivity contribution is 0.180. The number of ether oxygens (including phenoxy) is 2. The Morgan fingerprint density at radius 3 is 2.83 bits per heavy atom. The normalized spacial score (nSPS) is 20.0. The molecule has 0 bridgehead atoms. The third kappa shape index (κ3) is 3.57. The number of methoxy groups -OCH3 is 1. The van der Waals surface area contributed by atoms with Crippen molar-refractivity contribution in [2.75, 3.05) is 13.7 Å². The third-order valence-corrected chi connectivity index (χ3v) is 4.36. The van der Waals surface area contributed by atoms with Crippen LogP contribution in [0.2, 0.25) is 0 Å². The molecule has 2 N–H and O–H groups in total. The van der Waals surface area contributed by atoms with Crippen LogP contribution in [0.4, 0.5) is 4.39 Å². The molecule has 0 radical (unpaired) electrons. The van der Waals surface area contributed by atoms with E-state index in [-0.39, 0.29) is 24.2 Å². The molecule has 0 amide bonds. The summed E-state index contributed by atoms with van der Waals surface area (Å²) in [6.07, 6.45) is 1.83. The maximum absolute atomic E-state index is 13.8. The zero-order valence-corrected chi connectivity index (χ0v) is 14.0. The maximum Gasteiger partial charge on any atom is 0.171 e. The second-order valence-corrected chi connectivity index (χ2v) is 6.27. The molecule has 6 nitrogen and oxygen atoms in total. The van der Waals surface area contributed by atoms with Crippen molar-refractivity contribution in [3.8, 4) is 5.75 Å². The van der Waals surface area contributed by atoms with Gasteiger partial charge in [-0.3, -0.25) is 0 Å². The van der Waals surface area contributed by atoms with Crippen molar-refractivity contribution < 1.29 is 13.9 Å². The molecule has 1 aromatic carbocycles. The standard InChI is InChI=1S/C17H23FN4O2/c1-11-3-4-14(18)15(7-11)24-10-16-20-21-17(12-8-13(19)9-12)22(16)5-6-23-2/h3-4,7,12-13H,5-6,8-10,19H2,1-2H3. The highest BCUT2D eigenvalue weighted by Gasteiger charge is 2.32. The minimum atomic E-state index is -0.381. The molecule has 0 saturated heterocycles. The minimum absolute atomic E-state index is 0.163. The van der Waals surface area contributed by atoms with Crippen molar-refractivity contribution in [3.63, 3.8) is 0 Å². The number of benzene rings is 1. The Hall–Kier alpha value is -1.99. The molecule has 1 aliphatic carbocycles. The predicted molar refractivity (Wildman–Crippen MR) is 87.3 cm³/mol. The monoisotopic (exact) mass is 334 g/mol. The summed E-state index contributed by atoms with van der Waals surface area (Å²) >= 11 is 0. The highest BCUT2D eigenvalue weighted by atomic mass is 19.1. The van der Waals surface area contributed by atoms with Crippen LogP contribution in [0.15, 0.2) is 18.2 Å². The number of hydrogen-bond acceptors (Lipinski definition) is 5. The lowest BCUT2D eigenvalue weighted by atomic mass is 9.80. The lowest BCUT2D eigenvalue weighted by Crippen LogP contribution is -2.36. The van der Waals surface area contributed by atoms with Crippen molar-refractivity contribution in [3.05, 3.63) is 41.2 Å². The van der Waals surface area contributed by atoms with E-state index < -0.39 is 0 Å². The quantitative estimate of drug-likeness (QED) is 0.840. The number of hydrogen-bond donors (Lipinski definition) is 1. The van der Waals surface area contributed by atoms with Gasteiger partial charge in [0.15, 0.2) is 17.4 Å². The number of aryl methyl sites for hydroxylation is 1. The van der Waals surface area contributed by atoms with E-state index in [2.05, 4.69) is 10.2 Å². The summed E-state index contributed by atoms with van der Waals surface area (Å²) in [6.45, 7) is 3.25. The van der Waals surface area contributed by atoms with E-state index in [0.29, 0.717) is 24.9 Å². The van der Waals surface area contributed by atoms with Gasteiger partial charge in [0, 0.05) is 25.6 Å². The number of halogens is 1. The molecule has 0 aliphatic heterocycles. The summed E-state index contributed by atoms with van der Waals surface area (Å²) < 4.78 is 26.6. The maximum atomic E-state index is 13.8. The smallest absolute Gasteiger partial charge is 0.171 e. The fourth-order valence-corrected chi connectivity index (χ4v) is 2.92. The van der Waals surface area contributed by atoms with Crippen molar-refractivity contribution >= 4 is 0 Å². The summed E-state index contributed by atoms with van der Waals surface area (Å²) in [4.78, 5) is 0. The molecule has 0 unspecified atom stereocenters. The topological polar surface area (TPSA) is 75.2 Å². The second-order valence-electron chi connectivity index (χ2n) is 6.27. The molecule has 1 heterocycles. The Bertz CT molecular complexity index is 698. The van der Waals surface area contributed by atoms with Gasteiger partial charge in [0.1, 0.15) is 12.4 Å². The molecule has 0 spiro atoms. The van der Waals surface area contributed by atoms with Crippen LogP contribution in [0, 0.1) is 12.7 Å². The summed E-state index contributed by atoms with van der Waals surface area (Å²) in [5, 5.41) is 8.54. The van der Waals surface area contributed by atoms with E-state index in [1.165, 1.54) is 6.07 Å². The molecular formula is C17H23FN4O2. The Labute approximate surface area is 140 Å². The van der Waals surface area contributed by atoms with Gasteiger partial charge in [-0.15, -0.1) is 10.2 Å². The van der Waals surface area contributed by atoms with Gasteiger partial charge in [0.05, 0.1) is 6.61 Å². The van der Waals surface area contributed by atoms with Gasteiger partial charge in [-0.1, -0.05) is 6.07 Å². The summed E-state index contributed by atoms with van der Waals surface area (Å²) in [7, 11) is 1.65. The van der Waals surface area contributed by atoms with E-state index >= 15 is 0 Å². The first-order chi connectivity index (χ1) is 11.6. The lowest BCUT2D eigenvalue weighted by Gasteiger charge is -2.31. The zero-order chi connectivity index (χ0) is 17.1. The SMILES string of the molecule is COCCn1c(COc2cc(C)ccc2F)nnc1C1CC(N)C1. The van der Waals surface area contributed by atoms with Gasteiger partial charge < -0.3 is 19.8 Å². The van der Waals surface area contributed by atoms with Crippen molar-refractivity contribution in [2.45, 2.75) is 44.9 Å². The average Bonchev–Trinajstić information content (AvgIpc) is 2.93. The molecule has 1 fully saturated rings. The molecular weight excluding hydrogens is 311 g/mol. The van der Waals surface area contributed by atoms with Gasteiger partial charge in [0.25, 0.3) is 0 Å². The molecule has 130 valence electrons. The summed E-state index contributed by atoms with van der Waals surface area (Å²) in [5.74, 6) is 1.76. The first kappa shape index (κ1) is 16.9. The van der Waals surface area contributed by atoms with Crippen LogP contribution in [-0.2, 0) is 17.9 Å². The number of nitrogens with zero attached hydrogens (tertiary/aromatic N) is 3. The molecule has 0 atom stereocenters. The van der Waals surface area contributed by atoms with Crippen LogP contribution >= 0.6 is 0 Å². The van der Waals surface area contributed by atoms with E-state index in [0.717, 1.165) is 24.2 Å². The number of rotatable bonds is 7. The highest BCUT2D eigenvalue weighted by Crippen LogP contribution is 2.35. The first-order valence-corrected chi connectivity index (χ1v) is 8.14. The van der Waals surface area contributed by atoms with E-state index in [9.17, 15) is 4.39 Å². The molecule has 1 aliphatic rings. The Kier molecular flexibility index (Phi) is 5.11.